The lowest BCUT2D eigenvalue weighted by Crippen LogP contribution is -2.22. The topological polar surface area (TPSA) is 130 Å². The summed E-state index contributed by atoms with van der Waals surface area (Å²) in [6, 6.07) is 10.2. The molecule has 8 heteroatoms. The SMILES string of the molecule is O=C([O-])c1ccc(C(=O)OCCOC(=O)c2ccc(C(=O)O)cc2)cc1. The molecule has 26 heavy (non-hydrogen) atoms. The molecule has 0 unspecified atom stereocenters. The molecule has 134 valence electrons. The minimum Gasteiger partial charge on any atom is -0.545 e. The Morgan fingerprint density at radius 1 is 0.692 bits per heavy atom. The van der Waals surface area contributed by atoms with E-state index in [1.807, 2.05) is 0 Å². The minimum absolute atomic E-state index is 0.0418. The summed E-state index contributed by atoms with van der Waals surface area (Å²) in [6.07, 6.45) is 0. The molecular formula is C18H13O8-. The molecule has 0 aromatic heterocycles. The van der Waals surface area contributed by atoms with Gasteiger partial charge in [-0.05, 0) is 42.0 Å². The van der Waals surface area contributed by atoms with Gasteiger partial charge in [-0.3, -0.25) is 0 Å². The molecule has 2 rings (SSSR count). The van der Waals surface area contributed by atoms with Crippen LogP contribution in [0.15, 0.2) is 48.5 Å². The fraction of sp³-hybridized carbons (Fsp3) is 0.111. The average molecular weight is 357 g/mol. The van der Waals surface area contributed by atoms with Crippen molar-refractivity contribution in [1.29, 1.82) is 0 Å². The Labute approximate surface area is 147 Å². The van der Waals surface area contributed by atoms with E-state index in [2.05, 4.69) is 0 Å². The first-order valence-corrected chi connectivity index (χ1v) is 7.37. The average Bonchev–Trinajstić information content (AvgIpc) is 2.65. The van der Waals surface area contributed by atoms with Crippen molar-refractivity contribution >= 4 is 23.9 Å². The normalized spacial score (nSPS) is 10.0. The van der Waals surface area contributed by atoms with Crippen LogP contribution in [0.3, 0.4) is 0 Å². The maximum absolute atomic E-state index is 11.8. The van der Waals surface area contributed by atoms with Crippen LogP contribution in [0, 0.1) is 0 Å². The summed E-state index contributed by atoms with van der Waals surface area (Å²) in [4.78, 5) is 44.9. The van der Waals surface area contributed by atoms with Crippen molar-refractivity contribution in [2.75, 3.05) is 13.2 Å². The summed E-state index contributed by atoms with van der Waals surface area (Å²) in [7, 11) is 0. The van der Waals surface area contributed by atoms with E-state index in [1.54, 1.807) is 0 Å². The molecule has 0 aliphatic heterocycles. The second kappa shape index (κ2) is 8.43. The van der Waals surface area contributed by atoms with Crippen LogP contribution >= 0.6 is 0 Å². The van der Waals surface area contributed by atoms with Crippen LogP contribution in [-0.4, -0.2) is 42.2 Å². The fourth-order valence-corrected chi connectivity index (χ4v) is 1.93. The zero-order valence-electron chi connectivity index (χ0n) is 13.3. The molecule has 1 N–H and O–H groups in total. The van der Waals surface area contributed by atoms with Crippen LogP contribution in [0.5, 0.6) is 0 Å². The lowest BCUT2D eigenvalue weighted by atomic mass is 10.1. The van der Waals surface area contributed by atoms with Gasteiger partial charge in [-0.25, -0.2) is 14.4 Å². The number of carboxylic acids is 2. The third-order valence-electron chi connectivity index (χ3n) is 3.27. The molecule has 2 aromatic rings. The predicted octanol–water partition coefficient (Wildman–Crippen LogP) is 0.762. The fourth-order valence-electron chi connectivity index (χ4n) is 1.93. The van der Waals surface area contributed by atoms with Crippen LogP contribution in [-0.2, 0) is 9.47 Å². The van der Waals surface area contributed by atoms with Crippen molar-refractivity contribution in [3.05, 3.63) is 70.8 Å². The number of esters is 2. The van der Waals surface area contributed by atoms with E-state index in [0.717, 1.165) is 0 Å². The number of benzene rings is 2. The molecule has 0 radical (unpaired) electrons. The highest BCUT2D eigenvalue weighted by atomic mass is 16.6. The molecule has 0 spiro atoms. The summed E-state index contributed by atoms with van der Waals surface area (Å²) in [5.41, 5.74) is 0.286. The first kappa shape index (κ1) is 18.7. The first-order chi connectivity index (χ1) is 12.4. The van der Waals surface area contributed by atoms with Crippen LogP contribution < -0.4 is 5.11 Å². The van der Waals surface area contributed by atoms with Gasteiger partial charge in [-0.15, -0.1) is 0 Å². The van der Waals surface area contributed by atoms with E-state index in [0.29, 0.717) is 0 Å². The van der Waals surface area contributed by atoms with Crippen LogP contribution in [0.2, 0.25) is 0 Å². The first-order valence-electron chi connectivity index (χ1n) is 7.37. The van der Waals surface area contributed by atoms with E-state index in [1.165, 1.54) is 48.5 Å². The van der Waals surface area contributed by atoms with Gasteiger partial charge in [-0.2, -0.15) is 0 Å². The van der Waals surface area contributed by atoms with Crippen LogP contribution in [0.4, 0.5) is 0 Å². The number of carbonyl (C=O) groups is 4. The van der Waals surface area contributed by atoms with Crippen molar-refractivity contribution in [3.8, 4) is 0 Å². The number of aromatic carboxylic acids is 2. The Hall–Kier alpha value is -3.68. The van der Waals surface area contributed by atoms with Gasteiger partial charge in [0.25, 0.3) is 0 Å². The Morgan fingerprint density at radius 3 is 1.38 bits per heavy atom. The standard InChI is InChI=1S/C18H14O8/c19-15(20)11-1-5-13(6-2-11)17(23)25-9-10-26-18(24)14-7-3-12(4-8-14)16(21)22/h1-8H,9-10H2,(H,19,20)(H,21,22)/p-1. The van der Waals surface area contributed by atoms with Crippen molar-refractivity contribution in [2.45, 2.75) is 0 Å². The number of carbonyl (C=O) groups excluding carboxylic acids is 3. The quantitative estimate of drug-likeness (QED) is 0.568. The Kier molecular flexibility index (Phi) is 6.05. The number of hydrogen-bond donors (Lipinski definition) is 1. The zero-order chi connectivity index (χ0) is 19.1. The van der Waals surface area contributed by atoms with Gasteiger partial charge in [-0.1, -0.05) is 12.1 Å². The Morgan fingerprint density at radius 2 is 1.04 bits per heavy atom. The van der Waals surface area contributed by atoms with E-state index < -0.39 is 23.9 Å². The van der Waals surface area contributed by atoms with E-state index in [4.69, 9.17) is 14.6 Å². The monoisotopic (exact) mass is 357 g/mol. The molecule has 0 aliphatic carbocycles. The van der Waals surface area contributed by atoms with Gasteiger partial charge in [0.05, 0.1) is 22.7 Å². The van der Waals surface area contributed by atoms with Crippen molar-refractivity contribution in [1.82, 2.24) is 0 Å². The Balaban J connectivity index is 1.78. The van der Waals surface area contributed by atoms with Gasteiger partial charge in [0, 0.05) is 0 Å². The van der Waals surface area contributed by atoms with Crippen LogP contribution in [0.25, 0.3) is 0 Å². The molecule has 0 fully saturated rings. The predicted molar refractivity (Wildman–Crippen MR) is 84.7 cm³/mol. The molecular weight excluding hydrogens is 344 g/mol. The third kappa shape index (κ3) is 4.91. The molecule has 0 aliphatic rings. The molecule has 8 nitrogen and oxygen atoms in total. The smallest absolute Gasteiger partial charge is 0.338 e. The summed E-state index contributed by atoms with van der Waals surface area (Å²) in [5.74, 6) is -3.84. The summed E-state index contributed by atoms with van der Waals surface area (Å²) >= 11 is 0. The summed E-state index contributed by atoms with van der Waals surface area (Å²) in [6.45, 7) is -0.387. The van der Waals surface area contributed by atoms with Gasteiger partial charge in [0.2, 0.25) is 0 Å². The van der Waals surface area contributed by atoms with E-state index in [-0.39, 0.29) is 35.5 Å². The minimum atomic E-state index is -1.35. The number of rotatable bonds is 7. The maximum Gasteiger partial charge on any atom is 0.338 e. The highest BCUT2D eigenvalue weighted by Gasteiger charge is 2.11. The van der Waals surface area contributed by atoms with Crippen molar-refractivity contribution < 1.29 is 38.9 Å². The lowest BCUT2D eigenvalue weighted by molar-refractivity contribution is -0.255. The second-order valence-corrected chi connectivity index (χ2v) is 5.02. The zero-order valence-corrected chi connectivity index (χ0v) is 13.3. The number of ether oxygens (including phenoxy) is 2. The molecule has 0 heterocycles. The number of hydrogen-bond acceptors (Lipinski definition) is 7. The molecule has 0 amide bonds. The molecule has 0 saturated carbocycles. The van der Waals surface area contributed by atoms with Gasteiger partial charge in [0.15, 0.2) is 0 Å². The summed E-state index contributed by atoms with van der Waals surface area (Å²) < 4.78 is 9.82. The second-order valence-electron chi connectivity index (χ2n) is 5.02. The van der Waals surface area contributed by atoms with Crippen LogP contribution in [0.1, 0.15) is 41.4 Å². The van der Waals surface area contributed by atoms with Gasteiger partial charge < -0.3 is 24.5 Å². The maximum atomic E-state index is 11.8. The van der Waals surface area contributed by atoms with Gasteiger partial charge in [0.1, 0.15) is 13.2 Å². The molecule has 0 atom stereocenters. The molecule has 2 aromatic carbocycles. The molecule has 0 bridgehead atoms. The Bertz CT molecular complexity index is 750. The van der Waals surface area contributed by atoms with Crippen molar-refractivity contribution in [2.24, 2.45) is 0 Å². The van der Waals surface area contributed by atoms with E-state index in [9.17, 15) is 24.3 Å². The highest BCUT2D eigenvalue weighted by Crippen LogP contribution is 2.07. The lowest BCUT2D eigenvalue weighted by Gasteiger charge is -2.07. The van der Waals surface area contributed by atoms with E-state index >= 15 is 0 Å². The molecule has 0 saturated heterocycles. The number of carboxylic acid groups (broad SMARTS) is 2. The third-order valence-corrected chi connectivity index (χ3v) is 3.27. The largest absolute Gasteiger partial charge is 0.545 e. The van der Waals surface area contributed by atoms with Gasteiger partial charge >= 0.3 is 17.9 Å². The highest BCUT2D eigenvalue weighted by molar-refractivity contribution is 5.93. The summed E-state index contributed by atoms with van der Waals surface area (Å²) in [5, 5.41) is 19.4. The van der Waals surface area contributed by atoms with Crippen molar-refractivity contribution in [3.63, 3.8) is 0 Å².